The number of sulfonamides is 1. The molecule has 0 unspecified atom stereocenters. The first kappa shape index (κ1) is 19.3. The van der Waals surface area contributed by atoms with Crippen LogP contribution >= 0.6 is 0 Å². The van der Waals surface area contributed by atoms with Gasteiger partial charge >= 0.3 is 0 Å². The van der Waals surface area contributed by atoms with Crippen LogP contribution in [0.3, 0.4) is 0 Å². The normalized spacial score (nSPS) is 21.8. The van der Waals surface area contributed by atoms with Crippen LogP contribution in [0.4, 0.5) is 0 Å². The number of nitrogens with zero attached hydrogens (tertiary/aromatic N) is 1. The van der Waals surface area contributed by atoms with Crippen molar-refractivity contribution in [2.24, 2.45) is 0 Å². The fraction of sp³-hybridized carbons (Fsp3) is 0.524. The number of nitrogens with one attached hydrogen (secondary N) is 1. The van der Waals surface area contributed by atoms with Gasteiger partial charge in [0.25, 0.3) is 0 Å². The molecule has 4 rings (SSSR count). The van der Waals surface area contributed by atoms with Crippen molar-refractivity contribution in [3.63, 3.8) is 0 Å². The van der Waals surface area contributed by atoms with E-state index in [2.05, 4.69) is 4.72 Å². The van der Waals surface area contributed by atoms with E-state index in [1.54, 1.807) is 23.1 Å². The van der Waals surface area contributed by atoms with Gasteiger partial charge in [-0.2, -0.15) is 0 Å². The third kappa shape index (κ3) is 3.53. The molecule has 7 heteroatoms. The topological polar surface area (TPSA) is 83.6 Å². The van der Waals surface area contributed by atoms with Crippen molar-refractivity contribution in [3.8, 4) is 0 Å². The van der Waals surface area contributed by atoms with E-state index >= 15 is 0 Å². The van der Waals surface area contributed by atoms with E-state index in [0.29, 0.717) is 18.7 Å². The van der Waals surface area contributed by atoms with Gasteiger partial charge in [-0.25, -0.2) is 13.1 Å². The number of ketones is 2. The van der Waals surface area contributed by atoms with Crippen molar-refractivity contribution in [2.75, 3.05) is 13.1 Å². The molecule has 1 aliphatic heterocycles. The van der Waals surface area contributed by atoms with Gasteiger partial charge in [-0.1, -0.05) is 49.9 Å². The average Bonchev–Trinajstić information content (AvgIpc) is 3.09. The fourth-order valence-electron chi connectivity index (χ4n) is 4.49. The van der Waals surface area contributed by atoms with Gasteiger partial charge in [-0.05, 0) is 25.7 Å². The van der Waals surface area contributed by atoms with Gasteiger partial charge in [0.05, 0.1) is 0 Å². The highest BCUT2D eigenvalue weighted by Crippen LogP contribution is 2.33. The molecule has 2 fully saturated rings. The molecule has 1 N–H and O–H groups in total. The maximum absolute atomic E-state index is 13.3. The largest absolute Gasteiger partial charge is 0.367 e. The first-order valence-corrected chi connectivity index (χ1v) is 11.7. The summed E-state index contributed by atoms with van der Waals surface area (Å²) in [6, 6.07) is 6.33. The summed E-state index contributed by atoms with van der Waals surface area (Å²) in [6.07, 6.45) is 7.46. The Balaban J connectivity index is 1.78. The number of Topliss-reactive ketones (excluding diaryl/α,β-unsaturated/α-hetero) is 2. The summed E-state index contributed by atoms with van der Waals surface area (Å²) in [5.41, 5.74) is 0.529. The molecular formula is C21H26N2O4S. The van der Waals surface area contributed by atoms with Crippen molar-refractivity contribution in [1.29, 1.82) is 0 Å². The minimum atomic E-state index is -4.09. The van der Waals surface area contributed by atoms with E-state index in [1.165, 1.54) is 6.07 Å². The summed E-state index contributed by atoms with van der Waals surface area (Å²) in [6.45, 7) is 1.19. The Kier molecular flexibility index (Phi) is 5.38. The lowest BCUT2D eigenvalue weighted by molar-refractivity contribution is 0.0952. The number of carbonyl (C=O) groups excluding carboxylic acids is 2. The number of rotatable bonds is 4. The van der Waals surface area contributed by atoms with Gasteiger partial charge in [-0.3, -0.25) is 9.59 Å². The summed E-state index contributed by atoms with van der Waals surface area (Å²) < 4.78 is 29.4. The number of hydrogen-bond acceptors (Lipinski definition) is 5. The maximum Gasteiger partial charge on any atom is 0.246 e. The molecule has 3 aliphatic rings. The van der Waals surface area contributed by atoms with Crippen LogP contribution in [0.2, 0.25) is 0 Å². The molecule has 2 aliphatic carbocycles. The van der Waals surface area contributed by atoms with Crippen molar-refractivity contribution >= 4 is 21.6 Å². The molecule has 0 spiro atoms. The Morgan fingerprint density at radius 1 is 0.821 bits per heavy atom. The summed E-state index contributed by atoms with van der Waals surface area (Å²) >= 11 is 0. The predicted octanol–water partition coefficient (Wildman–Crippen LogP) is 3.02. The monoisotopic (exact) mass is 402 g/mol. The molecule has 150 valence electrons. The first-order valence-electron chi connectivity index (χ1n) is 10.2. The van der Waals surface area contributed by atoms with Crippen LogP contribution in [-0.2, 0) is 10.0 Å². The zero-order valence-corrected chi connectivity index (χ0v) is 16.8. The number of fused-ring (bicyclic) bond motifs is 1. The number of benzene rings is 1. The fourth-order valence-corrected chi connectivity index (χ4v) is 6.12. The van der Waals surface area contributed by atoms with Crippen LogP contribution in [0, 0.1) is 0 Å². The number of hydrogen-bond donors (Lipinski definition) is 1. The van der Waals surface area contributed by atoms with Crippen molar-refractivity contribution < 1.29 is 18.0 Å². The second-order valence-corrected chi connectivity index (χ2v) is 9.54. The highest BCUT2D eigenvalue weighted by molar-refractivity contribution is 7.94. The second kappa shape index (κ2) is 7.79. The van der Waals surface area contributed by atoms with E-state index in [4.69, 9.17) is 0 Å². The minimum absolute atomic E-state index is 0.0577. The summed E-state index contributed by atoms with van der Waals surface area (Å²) in [5.74, 6) is -0.934. The average molecular weight is 403 g/mol. The molecule has 0 amide bonds. The SMILES string of the molecule is O=C1C(N2CCCC2)=C(S(=O)(=O)NC2CCCCCC2)C(=O)c2ccccc21. The summed E-state index contributed by atoms with van der Waals surface area (Å²) in [5, 5.41) is 0. The van der Waals surface area contributed by atoms with Gasteiger partial charge in [0.15, 0.2) is 4.91 Å². The Bertz CT molecular complexity index is 921. The van der Waals surface area contributed by atoms with E-state index in [1.807, 2.05) is 0 Å². The van der Waals surface area contributed by atoms with Crippen molar-refractivity contribution in [2.45, 2.75) is 57.4 Å². The van der Waals surface area contributed by atoms with Crippen LogP contribution in [0.15, 0.2) is 34.9 Å². The number of likely N-dealkylation sites (tertiary alicyclic amines) is 1. The van der Waals surface area contributed by atoms with Crippen LogP contribution in [0.1, 0.15) is 72.1 Å². The molecular weight excluding hydrogens is 376 g/mol. The quantitative estimate of drug-likeness (QED) is 0.783. The van der Waals surface area contributed by atoms with Crippen LogP contribution in [-0.4, -0.2) is 44.0 Å². The molecule has 0 bridgehead atoms. The standard InChI is InChI=1S/C21H26N2O4S/c24-19-16-11-5-6-12-17(16)20(25)21(18(19)23-13-7-8-14-23)28(26,27)22-15-9-3-1-2-4-10-15/h5-6,11-12,15,22H,1-4,7-10,13-14H2. The van der Waals surface area contributed by atoms with Crippen LogP contribution in [0.5, 0.6) is 0 Å². The zero-order chi connectivity index (χ0) is 19.7. The lowest BCUT2D eigenvalue weighted by atomic mass is 9.92. The third-order valence-corrected chi connectivity index (χ3v) is 7.48. The van der Waals surface area contributed by atoms with Crippen LogP contribution < -0.4 is 4.72 Å². The molecule has 0 aromatic heterocycles. The van der Waals surface area contributed by atoms with Gasteiger partial charge < -0.3 is 4.90 Å². The predicted molar refractivity (Wildman–Crippen MR) is 106 cm³/mol. The lowest BCUT2D eigenvalue weighted by Crippen LogP contribution is -2.42. The smallest absolute Gasteiger partial charge is 0.246 e. The first-order chi connectivity index (χ1) is 13.5. The molecule has 28 heavy (non-hydrogen) atoms. The van der Waals surface area contributed by atoms with E-state index in [0.717, 1.165) is 51.4 Å². The van der Waals surface area contributed by atoms with Crippen molar-refractivity contribution in [3.05, 3.63) is 46.0 Å². The molecule has 6 nitrogen and oxygen atoms in total. The molecule has 1 aromatic carbocycles. The van der Waals surface area contributed by atoms with Crippen molar-refractivity contribution in [1.82, 2.24) is 9.62 Å². The van der Waals surface area contributed by atoms with Crippen LogP contribution in [0.25, 0.3) is 0 Å². The van der Waals surface area contributed by atoms with Gasteiger partial charge in [0, 0.05) is 30.3 Å². The molecule has 0 atom stereocenters. The second-order valence-electron chi connectivity index (χ2n) is 7.89. The molecule has 1 saturated heterocycles. The summed E-state index contributed by atoms with van der Waals surface area (Å²) in [7, 11) is -4.09. The van der Waals surface area contributed by atoms with E-state index in [9.17, 15) is 18.0 Å². The van der Waals surface area contributed by atoms with Gasteiger partial charge in [-0.15, -0.1) is 0 Å². The van der Waals surface area contributed by atoms with E-state index < -0.39 is 15.8 Å². The maximum atomic E-state index is 13.3. The Hall–Kier alpha value is -1.99. The number of allylic oxidation sites excluding steroid dienone is 2. The molecule has 1 saturated carbocycles. The number of carbonyl (C=O) groups is 2. The zero-order valence-electron chi connectivity index (χ0n) is 15.9. The highest BCUT2D eigenvalue weighted by Gasteiger charge is 2.42. The summed E-state index contributed by atoms with van der Waals surface area (Å²) in [4.78, 5) is 27.9. The Labute approximate surface area is 166 Å². The Morgan fingerprint density at radius 3 is 2.00 bits per heavy atom. The molecule has 0 radical (unpaired) electrons. The molecule has 1 aromatic rings. The third-order valence-electron chi connectivity index (χ3n) is 5.92. The molecule has 1 heterocycles. The lowest BCUT2D eigenvalue weighted by Gasteiger charge is -2.28. The van der Waals surface area contributed by atoms with E-state index in [-0.39, 0.29) is 28.0 Å². The van der Waals surface area contributed by atoms with Gasteiger partial charge in [0.2, 0.25) is 21.6 Å². The highest BCUT2D eigenvalue weighted by atomic mass is 32.2. The Morgan fingerprint density at radius 2 is 1.39 bits per heavy atom. The minimum Gasteiger partial charge on any atom is -0.367 e. The van der Waals surface area contributed by atoms with Gasteiger partial charge in [0.1, 0.15) is 5.70 Å².